The molecular formula is C38H39BrN6O7. The largest absolute Gasteiger partial charge is 0.494 e. The molecule has 14 heteroatoms. The van der Waals surface area contributed by atoms with Gasteiger partial charge in [0, 0.05) is 31.7 Å². The molecule has 3 aliphatic rings. The fraction of sp³-hybridized carbons (Fsp3) is 0.368. The van der Waals surface area contributed by atoms with Crippen LogP contribution in [0.4, 0.5) is 5.82 Å². The van der Waals surface area contributed by atoms with Crippen LogP contribution < -0.4 is 25.7 Å². The average molecular weight is 772 g/mol. The molecule has 0 spiro atoms. The summed E-state index contributed by atoms with van der Waals surface area (Å²) in [5.41, 5.74) is 2.02. The number of ether oxygens (including phenoxy) is 2. The van der Waals surface area contributed by atoms with Crippen molar-refractivity contribution >= 4 is 51.0 Å². The maximum Gasteiger partial charge on any atom is 0.274 e. The highest BCUT2D eigenvalue weighted by Gasteiger charge is 2.46. The normalized spacial score (nSPS) is 20.6. The zero-order chi connectivity index (χ0) is 36.4. The van der Waals surface area contributed by atoms with Gasteiger partial charge in [-0.2, -0.15) is 0 Å². The van der Waals surface area contributed by atoms with E-state index in [0.29, 0.717) is 40.8 Å². The van der Waals surface area contributed by atoms with Crippen molar-refractivity contribution in [2.45, 2.75) is 56.5 Å². The number of likely N-dealkylation sites (tertiary alicyclic amines) is 1. The number of likely N-dealkylation sites (N-methyl/N-ethyl adjacent to an activating group) is 1. The van der Waals surface area contributed by atoms with Crippen molar-refractivity contribution < 1.29 is 28.7 Å². The number of nitrogens with one attached hydrogen (secondary N) is 2. The molecule has 3 aliphatic heterocycles. The molecule has 0 saturated carbocycles. The van der Waals surface area contributed by atoms with Gasteiger partial charge in [-0.3, -0.25) is 38.6 Å². The van der Waals surface area contributed by atoms with Gasteiger partial charge in [0.1, 0.15) is 33.5 Å². The second-order valence-corrected chi connectivity index (χ2v) is 14.2. The summed E-state index contributed by atoms with van der Waals surface area (Å²) in [4.78, 5) is 71.0. The summed E-state index contributed by atoms with van der Waals surface area (Å²) >= 11 is 3.46. The highest BCUT2D eigenvalue weighted by molar-refractivity contribution is 9.10. The van der Waals surface area contributed by atoms with E-state index in [4.69, 9.17) is 9.47 Å². The van der Waals surface area contributed by atoms with Crippen LogP contribution in [0.5, 0.6) is 11.5 Å². The van der Waals surface area contributed by atoms with Gasteiger partial charge in [-0.25, -0.2) is 4.98 Å². The minimum Gasteiger partial charge on any atom is -0.494 e. The smallest absolute Gasteiger partial charge is 0.274 e. The number of benzene rings is 2. The van der Waals surface area contributed by atoms with Crippen LogP contribution in [-0.4, -0.2) is 88.2 Å². The van der Waals surface area contributed by atoms with Crippen molar-refractivity contribution in [2.75, 3.05) is 38.7 Å². The number of nitrogens with zero attached hydrogens (tertiary/aromatic N) is 4. The molecule has 52 heavy (non-hydrogen) atoms. The average Bonchev–Trinajstić information content (AvgIpc) is 3.39. The van der Waals surface area contributed by atoms with Crippen molar-refractivity contribution in [1.29, 1.82) is 0 Å². The number of rotatable bonds is 12. The molecule has 5 heterocycles. The summed E-state index contributed by atoms with van der Waals surface area (Å²) < 4.78 is 13.9. The summed E-state index contributed by atoms with van der Waals surface area (Å²) in [6.07, 6.45) is 5.13. The molecule has 1 unspecified atom stereocenters. The molecule has 2 fully saturated rings. The van der Waals surface area contributed by atoms with Crippen LogP contribution in [0.1, 0.15) is 70.7 Å². The quantitative estimate of drug-likeness (QED) is 0.157. The first-order valence-electron chi connectivity index (χ1n) is 17.5. The van der Waals surface area contributed by atoms with Crippen molar-refractivity contribution in [3.8, 4) is 11.5 Å². The second kappa shape index (κ2) is 15.3. The van der Waals surface area contributed by atoms with Gasteiger partial charge in [0.25, 0.3) is 17.4 Å². The van der Waals surface area contributed by atoms with Crippen LogP contribution in [0.25, 0.3) is 5.65 Å². The Hall–Kier alpha value is -5.08. The van der Waals surface area contributed by atoms with Gasteiger partial charge >= 0.3 is 0 Å². The molecule has 0 radical (unpaired) electrons. The van der Waals surface area contributed by atoms with Gasteiger partial charge < -0.3 is 19.7 Å². The van der Waals surface area contributed by atoms with E-state index < -0.39 is 29.7 Å². The van der Waals surface area contributed by atoms with Gasteiger partial charge in [0.2, 0.25) is 11.8 Å². The van der Waals surface area contributed by atoms with E-state index in [1.165, 1.54) is 9.96 Å². The predicted molar refractivity (Wildman–Crippen MR) is 196 cm³/mol. The first-order valence-corrected chi connectivity index (χ1v) is 18.3. The van der Waals surface area contributed by atoms with Crippen molar-refractivity contribution in [2.24, 2.45) is 0 Å². The lowest BCUT2D eigenvalue weighted by Crippen LogP contribution is -2.54. The molecule has 4 aromatic rings. The number of piperidine rings is 2. The van der Waals surface area contributed by atoms with E-state index in [1.807, 2.05) is 30.3 Å². The predicted octanol–water partition coefficient (Wildman–Crippen LogP) is 4.39. The fourth-order valence-corrected chi connectivity index (χ4v) is 7.61. The lowest BCUT2D eigenvalue weighted by molar-refractivity contribution is -0.136. The van der Waals surface area contributed by atoms with Crippen molar-refractivity contribution in [3.63, 3.8) is 0 Å². The Morgan fingerprint density at radius 1 is 0.904 bits per heavy atom. The first-order chi connectivity index (χ1) is 25.2. The van der Waals surface area contributed by atoms with Gasteiger partial charge in [-0.05, 0) is 103 Å². The topological polar surface area (TPSA) is 152 Å². The number of unbranched alkanes of at least 4 members (excludes halogenated alkanes) is 2. The van der Waals surface area contributed by atoms with Crippen LogP contribution in [-0.2, 0) is 9.59 Å². The van der Waals surface area contributed by atoms with Crippen molar-refractivity contribution in [1.82, 2.24) is 24.5 Å². The number of aromatic nitrogens is 2. The SMILES string of the molecule is CN1C[C@H](Nc2nc3ccccn3c(=O)c2Br)C[C@H](c2ccc(OCCCCCOc3cccc4c3C(=O)N(C3CCC(=O)NC3=O)C4=O)cc2)C1. The number of hydrogen-bond donors (Lipinski definition) is 2. The molecular weight excluding hydrogens is 732 g/mol. The number of carbonyl (C=O) groups excluding carboxylic acids is 4. The zero-order valence-corrected chi connectivity index (χ0v) is 30.3. The fourth-order valence-electron chi connectivity index (χ4n) is 7.22. The van der Waals surface area contributed by atoms with Crippen LogP contribution >= 0.6 is 15.9 Å². The highest BCUT2D eigenvalue weighted by Crippen LogP contribution is 2.34. The van der Waals surface area contributed by atoms with Crippen molar-refractivity contribution in [3.05, 3.63) is 98.4 Å². The number of imide groups is 2. The van der Waals surface area contributed by atoms with Gasteiger partial charge in [-0.1, -0.05) is 24.3 Å². The molecule has 13 nitrogen and oxygen atoms in total. The number of anilines is 1. The van der Waals surface area contributed by atoms with E-state index >= 15 is 0 Å². The Bertz CT molecular complexity index is 2090. The van der Waals surface area contributed by atoms with Crippen LogP contribution in [0.15, 0.2) is 76.1 Å². The van der Waals surface area contributed by atoms with E-state index in [0.717, 1.165) is 49.4 Å². The third-order valence-electron chi connectivity index (χ3n) is 9.75. The molecule has 270 valence electrons. The molecule has 0 aliphatic carbocycles. The van der Waals surface area contributed by atoms with Crippen LogP contribution in [0.2, 0.25) is 0 Å². The number of hydrogen-bond acceptors (Lipinski definition) is 10. The van der Waals surface area contributed by atoms with E-state index in [2.05, 4.69) is 55.6 Å². The van der Waals surface area contributed by atoms with Gasteiger partial charge in [0.05, 0.1) is 24.3 Å². The molecule has 7 rings (SSSR count). The second-order valence-electron chi connectivity index (χ2n) is 13.5. The molecule has 3 atom stereocenters. The summed E-state index contributed by atoms with van der Waals surface area (Å²) in [5, 5.41) is 5.72. The van der Waals surface area contributed by atoms with E-state index in [-0.39, 0.29) is 35.6 Å². The Labute approximate surface area is 308 Å². The molecule has 2 aromatic carbocycles. The lowest BCUT2D eigenvalue weighted by Gasteiger charge is -2.36. The monoisotopic (exact) mass is 770 g/mol. The maximum absolute atomic E-state index is 13.3. The molecule has 0 bridgehead atoms. The Balaban J connectivity index is 0.861. The van der Waals surface area contributed by atoms with E-state index in [1.54, 1.807) is 24.4 Å². The summed E-state index contributed by atoms with van der Waals surface area (Å²) in [5.74, 6) is -0.239. The van der Waals surface area contributed by atoms with Crippen LogP contribution in [0.3, 0.4) is 0 Å². The summed E-state index contributed by atoms with van der Waals surface area (Å²) in [6, 6.07) is 17.7. The van der Waals surface area contributed by atoms with Gasteiger partial charge in [-0.15, -0.1) is 0 Å². The molecule has 2 N–H and O–H groups in total. The molecule has 2 saturated heterocycles. The van der Waals surface area contributed by atoms with E-state index in [9.17, 15) is 24.0 Å². The minimum absolute atomic E-state index is 0.0647. The number of fused-ring (bicyclic) bond motifs is 2. The Kier molecular flexibility index (Phi) is 10.4. The number of amides is 4. The molecule has 2 aromatic heterocycles. The zero-order valence-electron chi connectivity index (χ0n) is 28.7. The maximum atomic E-state index is 13.3. The minimum atomic E-state index is -1.02. The summed E-state index contributed by atoms with van der Waals surface area (Å²) in [6.45, 7) is 2.64. The Morgan fingerprint density at radius 2 is 1.69 bits per heavy atom. The Morgan fingerprint density at radius 3 is 2.48 bits per heavy atom. The van der Waals surface area contributed by atoms with Gasteiger partial charge in [0.15, 0.2) is 0 Å². The highest BCUT2D eigenvalue weighted by atomic mass is 79.9. The third kappa shape index (κ3) is 7.30. The number of pyridine rings is 1. The molecule has 4 amide bonds. The summed E-state index contributed by atoms with van der Waals surface area (Å²) in [7, 11) is 2.10. The number of carbonyl (C=O) groups is 4. The number of halogens is 1. The lowest BCUT2D eigenvalue weighted by atomic mass is 9.88. The van der Waals surface area contributed by atoms with Crippen LogP contribution in [0, 0.1) is 0 Å². The first kappa shape index (κ1) is 35.3. The third-order valence-corrected chi connectivity index (χ3v) is 10.5. The standard InChI is InChI=1S/C38H39BrN6O7/c1-43-21-24(20-25(22-43)40-34-33(39)38(50)44-17-4-3-10-30(44)41-34)23-11-13-26(14-12-23)51-18-5-2-6-19-52-29-9-7-8-27-32(29)37(49)45(36(27)48)28-15-16-31(46)42-35(28)47/h3-4,7-14,17,24-25,28,40H,2,5-6,15-16,18-22H2,1H3,(H,42,46,47)/t24-,25+,28?/m0/s1.